The Hall–Kier alpha value is -1.79. The summed E-state index contributed by atoms with van der Waals surface area (Å²) in [7, 11) is 1.39. The molecule has 1 aromatic heterocycles. The number of nitrogens with zero attached hydrogens (tertiary/aromatic N) is 2. The van der Waals surface area contributed by atoms with Crippen LogP contribution in [0.5, 0.6) is 0 Å². The molecule has 18 heavy (non-hydrogen) atoms. The van der Waals surface area contributed by atoms with Crippen molar-refractivity contribution in [1.29, 1.82) is 0 Å². The number of carbonyl (C=O) groups is 1. The second kappa shape index (κ2) is 4.47. The van der Waals surface area contributed by atoms with Crippen molar-refractivity contribution >= 4 is 11.8 Å². The minimum absolute atomic E-state index is 0.0442. The van der Waals surface area contributed by atoms with Gasteiger partial charge in [0.1, 0.15) is 11.4 Å². The van der Waals surface area contributed by atoms with Gasteiger partial charge in [-0.15, -0.1) is 0 Å². The standard InChI is InChI=1S/C11H13F3N2O2/c1-10(2,9(17)18)16(3)8-6-7(4-5-15-8)11(12,13)14/h4-6H,1-3H3,(H,17,18). The quantitative estimate of drug-likeness (QED) is 0.908. The third kappa shape index (κ3) is 2.72. The molecular weight excluding hydrogens is 249 g/mol. The number of carboxylic acid groups (broad SMARTS) is 1. The van der Waals surface area contributed by atoms with Crippen LogP contribution in [0.1, 0.15) is 19.4 Å². The van der Waals surface area contributed by atoms with Crippen molar-refractivity contribution in [1.82, 2.24) is 4.98 Å². The molecule has 0 atom stereocenters. The van der Waals surface area contributed by atoms with Crippen LogP contribution in [0.25, 0.3) is 0 Å². The lowest BCUT2D eigenvalue weighted by Gasteiger charge is -2.32. The molecule has 0 amide bonds. The van der Waals surface area contributed by atoms with Gasteiger partial charge in [-0.1, -0.05) is 0 Å². The summed E-state index contributed by atoms with van der Waals surface area (Å²) in [6, 6.07) is 1.66. The summed E-state index contributed by atoms with van der Waals surface area (Å²) < 4.78 is 37.6. The number of aliphatic carboxylic acids is 1. The molecule has 0 spiro atoms. The van der Waals surface area contributed by atoms with Gasteiger partial charge in [-0.05, 0) is 26.0 Å². The highest BCUT2D eigenvalue weighted by atomic mass is 19.4. The maximum absolute atomic E-state index is 12.5. The van der Waals surface area contributed by atoms with Gasteiger partial charge in [-0.3, -0.25) is 0 Å². The lowest BCUT2D eigenvalue weighted by atomic mass is 10.0. The largest absolute Gasteiger partial charge is 0.480 e. The van der Waals surface area contributed by atoms with Gasteiger partial charge in [0.05, 0.1) is 5.56 Å². The Morgan fingerprint density at radius 2 is 1.94 bits per heavy atom. The van der Waals surface area contributed by atoms with E-state index in [9.17, 15) is 18.0 Å². The maximum atomic E-state index is 12.5. The molecule has 1 heterocycles. The Bertz CT molecular complexity index is 458. The minimum Gasteiger partial charge on any atom is -0.480 e. The van der Waals surface area contributed by atoms with Crippen molar-refractivity contribution in [3.8, 4) is 0 Å². The fourth-order valence-corrected chi connectivity index (χ4v) is 1.21. The van der Waals surface area contributed by atoms with Gasteiger partial charge in [0.15, 0.2) is 0 Å². The van der Waals surface area contributed by atoms with Gasteiger partial charge in [-0.2, -0.15) is 13.2 Å². The first-order valence-electron chi connectivity index (χ1n) is 5.07. The van der Waals surface area contributed by atoms with Crippen LogP contribution in [0.3, 0.4) is 0 Å². The molecule has 0 aliphatic rings. The average molecular weight is 262 g/mol. The van der Waals surface area contributed by atoms with Gasteiger partial charge in [0, 0.05) is 13.2 Å². The van der Waals surface area contributed by atoms with E-state index in [1.807, 2.05) is 0 Å². The first-order chi connectivity index (χ1) is 8.06. The zero-order valence-electron chi connectivity index (χ0n) is 10.1. The number of pyridine rings is 1. The van der Waals surface area contributed by atoms with E-state index in [0.717, 1.165) is 18.3 Å². The summed E-state index contributed by atoms with van der Waals surface area (Å²) in [5.41, 5.74) is -2.21. The lowest BCUT2D eigenvalue weighted by molar-refractivity contribution is -0.142. The fourth-order valence-electron chi connectivity index (χ4n) is 1.21. The molecule has 0 aliphatic carbocycles. The molecule has 0 unspecified atom stereocenters. The molecule has 0 aromatic carbocycles. The van der Waals surface area contributed by atoms with E-state index in [4.69, 9.17) is 5.11 Å². The van der Waals surface area contributed by atoms with E-state index in [1.165, 1.54) is 25.8 Å². The average Bonchev–Trinajstić information content (AvgIpc) is 2.26. The van der Waals surface area contributed by atoms with E-state index in [2.05, 4.69) is 4.98 Å². The van der Waals surface area contributed by atoms with Gasteiger partial charge in [-0.25, -0.2) is 9.78 Å². The summed E-state index contributed by atoms with van der Waals surface area (Å²) in [4.78, 5) is 16.0. The van der Waals surface area contributed by atoms with Crippen molar-refractivity contribution < 1.29 is 23.1 Å². The summed E-state index contributed by atoms with van der Waals surface area (Å²) in [6.07, 6.45) is -3.47. The third-order valence-electron chi connectivity index (χ3n) is 2.78. The molecule has 7 heteroatoms. The van der Waals surface area contributed by atoms with E-state index >= 15 is 0 Å². The van der Waals surface area contributed by atoms with Crippen molar-refractivity contribution in [3.63, 3.8) is 0 Å². The molecule has 0 fully saturated rings. The lowest BCUT2D eigenvalue weighted by Crippen LogP contribution is -2.48. The zero-order chi connectivity index (χ0) is 14.1. The molecular formula is C11H13F3N2O2. The predicted octanol–water partition coefficient (Wildman–Crippen LogP) is 2.40. The monoisotopic (exact) mass is 262 g/mol. The van der Waals surface area contributed by atoms with Gasteiger partial charge in [0.2, 0.25) is 0 Å². The van der Waals surface area contributed by atoms with Crippen molar-refractivity contribution in [2.24, 2.45) is 0 Å². The van der Waals surface area contributed by atoms with Crippen LogP contribution in [0.2, 0.25) is 0 Å². The van der Waals surface area contributed by atoms with Crippen LogP contribution in [-0.2, 0) is 11.0 Å². The first kappa shape index (κ1) is 14.3. The topological polar surface area (TPSA) is 53.4 Å². The summed E-state index contributed by atoms with van der Waals surface area (Å²) in [6.45, 7) is 2.77. The van der Waals surface area contributed by atoms with Crippen LogP contribution in [0.4, 0.5) is 19.0 Å². The molecule has 1 rings (SSSR count). The number of anilines is 1. The van der Waals surface area contributed by atoms with Crippen LogP contribution >= 0.6 is 0 Å². The Balaban J connectivity index is 3.16. The Morgan fingerprint density at radius 1 is 1.39 bits per heavy atom. The van der Waals surface area contributed by atoms with E-state index in [0.29, 0.717) is 0 Å². The van der Waals surface area contributed by atoms with Crippen LogP contribution in [0, 0.1) is 0 Å². The van der Waals surface area contributed by atoms with Crippen molar-refractivity contribution in [2.75, 3.05) is 11.9 Å². The highest BCUT2D eigenvalue weighted by Crippen LogP contribution is 2.31. The molecule has 1 N–H and O–H groups in total. The number of hydrogen-bond donors (Lipinski definition) is 1. The Labute approximate surface area is 102 Å². The van der Waals surface area contributed by atoms with Gasteiger partial charge < -0.3 is 10.0 Å². The second-order valence-corrected chi connectivity index (χ2v) is 4.32. The smallest absolute Gasteiger partial charge is 0.416 e. The highest BCUT2D eigenvalue weighted by molar-refractivity contribution is 5.81. The third-order valence-corrected chi connectivity index (χ3v) is 2.78. The number of alkyl halides is 3. The minimum atomic E-state index is -4.48. The van der Waals surface area contributed by atoms with Crippen LogP contribution in [0.15, 0.2) is 18.3 Å². The van der Waals surface area contributed by atoms with Crippen LogP contribution in [-0.4, -0.2) is 28.6 Å². The van der Waals surface area contributed by atoms with Crippen LogP contribution < -0.4 is 4.90 Å². The Kier molecular flexibility index (Phi) is 3.54. The van der Waals surface area contributed by atoms with Crippen molar-refractivity contribution in [2.45, 2.75) is 25.6 Å². The number of halogens is 3. The number of carboxylic acids is 1. The number of likely N-dealkylation sites (N-methyl/N-ethyl adjacent to an activating group) is 1. The van der Waals surface area contributed by atoms with E-state index in [-0.39, 0.29) is 5.82 Å². The van der Waals surface area contributed by atoms with E-state index in [1.54, 1.807) is 0 Å². The van der Waals surface area contributed by atoms with Gasteiger partial charge in [0.25, 0.3) is 0 Å². The molecule has 4 nitrogen and oxygen atoms in total. The maximum Gasteiger partial charge on any atom is 0.416 e. The number of hydrogen-bond acceptors (Lipinski definition) is 3. The van der Waals surface area contributed by atoms with Crippen molar-refractivity contribution in [3.05, 3.63) is 23.9 Å². The molecule has 0 radical (unpaired) electrons. The highest BCUT2D eigenvalue weighted by Gasteiger charge is 2.35. The molecule has 0 aliphatic heterocycles. The molecule has 0 bridgehead atoms. The summed E-state index contributed by atoms with van der Waals surface area (Å²) >= 11 is 0. The fraction of sp³-hybridized carbons (Fsp3) is 0.455. The molecule has 100 valence electrons. The molecule has 0 saturated carbocycles. The number of rotatable bonds is 3. The number of aromatic nitrogens is 1. The summed E-state index contributed by atoms with van der Waals surface area (Å²) in [5.74, 6) is -1.19. The summed E-state index contributed by atoms with van der Waals surface area (Å²) in [5, 5.41) is 9.01. The zero-order valence-corrected chi connectivity index (χ0v) is 10.1. The first-order valence-corrected chi connectivity index (χ1v) is 5.07. The van der Waals surface area contributed by atoms with E-state index < -0.39 is 23.2 Å². The Morgan fingerprint density at radius 3 is 2.39 bits per heavy atom. The molecule has 0 saturated heterocycles. The van der Waals surface area contributed by atoms with Gasteiger partial charge >= 0.3 is 12.1 Å². The predicted molar refractivity (Wildman–Crippen MR) is 59.4 cm³/mol. The SMILES string of the molecule is CN(c1cc(C(F)(F)F)ccn1)C(C)(C)C(=O)O. The normalized spacial score (nSPS) is 12.3. The second-order valence-electron chi connectivity index (χ2n) is 4.32. The molecule has 1 aromatic rings.